The van der Waals surface area contributed by atoms with Crippen molar-refractivity contribution in [3.05, 3.63) is 0 Å². The van der Waals surface area contributed by atoms with E-state index in [0.717, 1.165) is 38.5 Å². The van der Waals surface area contributed by atoms with Gasteiger partial charge in [-0.2, -0.15) is 5.10 Å². The van der Waals surface area contributed by atoms with Crippen molar-refractivity contribution >= 4 is 47.8 Å². The molecule has 0 aromatic rings. The van der Waals surface area contributed by atoms with Crippen molar-refractivity contribution in [1.82, 2.24) is 26.3 Å². The van der Waals surface area contributed by atoms with Crippen LogP contribution in [0, 0.1) is 17.8 Å². The molecule has 0 bridgehead atoms. The maximum absolute atomic E-state index is 13.6. The number of hydrazone groups is 1. The van der Waals surface area contributed by atoms with Gasteiger partial charge >= 0.3 is 12.0 Å². The fraction of sp³-hybridized carbons (Fsp3) is 0.758. The molecule has 1 aliphatic heterocycles. The number of guanidine groups is 1. The van der Waals surface area contributed by atoms with E-state index < -0.39 is 48.4 Å². The van der Waals surface area contributed by atoms with Crippen LogP contribution in [-0.2, 0) is 24.0 Å². The third-order valence-electron chi connectivity index (χ3n) is 9.87. The Balaban J connectivity index is 1.56. The van der Waals surface area contributed by atoms with E-state index in [2.05, 4.69) is 31.5 Å². The Kier molecular flexibility index (Phi) is 16.7. The number of primary amides is 1. The first-order valence-electron chi connectivity index (χ1n) is 18.0. The zero-order valence-corrected chi connectivity index (χ0v) is 28.9. The van der Waals surface area contributed by atoms with Crippen LogP contribution in [0.15, 0.2) is 10.1 Å². The maximum Gasteiger partial charge on any atom is 0.335 e. The van der Waals surface area contributed by atoms with Gasteiger partial charge in [0.2, 0.25) is 23.6 Å². The number of carbonyl (C=O) groups excluding carboxylic acids is 5. The molecule has 50 heavy (non-hydrogen) atoms. The van der Waals surface area contributed by atoms with Crippen LogP contribution >= 0.6 is 0 Å². The summed E-state index contributed by atoms with van der Waals surface area (Å²) in [5.74, 6) is -2.50. The molecule has 0 aromatic heterocycles. The highest BCUT2D eigenvalue weighted by Gasteiger charge is 2.39. The fourth-order valence-corrected chi connectivity index (χ4v) is 7.05. The summed E-state index contributed by atoms with van der Waals surface area (Å²) >= 11 is 0. The maximum atomic E-state index is 13.6. The summed E-state index contributed by atoms with van der Waals surface area (Å²) in [6.45, 7) is 0.945. The number of likely N-dealkylation sites (tertiary alicyclic amines) is 1. The number of urea groups is 1. The number of aliphatic carboxylic acids is 1. The number of nitrogens with one attached hydrogen (secondary N) is 4. The second kappa shape index (κ2) is 20.9. The lowest BCUT2D eigenvalue weighted by atomic mass is 9.82. The molecule has 6 amide bonds. The van der Waals surface area contributed by atoms with E-state index in [4.69, 9.17) is 17.2 Å². The summed E-state index contributed by atoms with van der Waals surface area (Å²) in [6.07, 6.45) is 12.0. The largest absolute Gasteiger partial charge is 0.481 e. The Labute approximate surface area is 293 Å². The van der Waals surface area contributed by atoms with Crippen LogP contribution in [0.1, 0.15) is 103 Å². The first kappa shape index (κ1) is 40.0. The predicted octanol–water partition coefficient (Wildman–Crippen LogP) is 0.413. The van der Waals surface area contributed by atoms with Gasteiger partial charge in [0.1, 0.15) is 12.1 Å². The Morgan fingerprint density at radius 3 is 2.26 bits per heavy atom. The number of carboxylic acid groups (broad SMARTS) is 1. The van der Waals surface area contributed by atoms with Gasteiger partial charge in [-0.05, 0) is 69.6 Å². The molecule has 11 N–H and O–H groups in total. The summed E-state index contributed by atoms with van der Waals surface area (Å²) in [5.41, 5.74) is 18.6. The molecule has 1 unspecified atom stereocenters. The molecule has 280 valence electrons. The summed E-state index contributed by atoms with van der Waals surface area (Å²) in [5, 5.41) is 21.8. The molecule has 2 saturated carbocycles. The van der Waals surface area contributed by atoms with E-state index in [0.29, 0.717) is 64.0 Å². The number of nitrogens with two attached hydrogens (primary N) is 3. The van der Waals surface area contributed by atoms with Crippen molar-refractivity contribution in [2.75, 3.05) is 19.6 Å². The molecule has 3 rings (SSSR count). The zero-order valence-electron chi connectivity index (χ0n) is 28.9. The van der Waals surface area contributed by atoms with E-state index in [1.165, 1.54) is 17.5 Å². The number of carbonyl (C=O) groups is 6. The van der Waals surface area contributed by atoms with Gasteiger partial charge in [-0.3, -0.25) is 29.0 Å². The highest BCUT2D eigenvalue weighted by atomic mass is 16.4. The molecule has 0 spiro atoms. The second-order valence-electron chi connectivity index (χ2n) is 13.7. The number of rotatable bonds is 18. The van der Waals surface area contributed by atoms with Crippen molar-refractivity contribution in [3.63, 3.8) is 0 Å². The van der Waals surface area contributed by atoms with Crippen LogP contribution < -0.4 is 38.6 Å². The highest BCUT2D eigenvalue weighted by Crippen LogP contribution is 2.28. The number of hydrogen-bond acceptors (Lipinski definition) is 8. The minimum atomic E-state index is -1.29. The van der Waals surface area contributed by atoms with Crippen molar-refractivity contribution < 1.29 is 33.9 Å². The quantitative estimate of drug-likeness (QED) is 0.0424. The molecule has 1 heterocycles. The molecule has 17 nitrogen and oxygen atoms in total. The van der Waals surface area contributed by atoms with Crippen molar-refractivity contribution in [2.45, 2.75) is 121 Å². The van der Waals surface area contributed by atoms with Crippen LogP contribution in [0.5, 0.6) is 0 Å². The third-order valence-corrected chi connectivity index (χ3v) is 9.87. The summed E-state index contributed by atoms with van der Waals surface area (Å²) in [6, 6.07) is -3.36. The van der Waals surface area contributed by atoms with Crippen molar-refractivity contribution in [3.8, 4) is 0 Å². The monoisotopic (exact) mass is 704 g/mol. The molecule has 2 aliphatic carbocycles. The molecule has 0 aromatic carbocycles. The van der Waals surface area contributed by atoms with Gasteiger partial charge in [0, 0.05) is 38.2 Å². The van der Waals surface area contributed by atoms with Crippen molar-refractivity contribution in [2.24, 2.45) is 45.0 Å². The molecule has 3 aliphatic rings. The molecular formula is C33H56N10O7. The summed E-state index contributed by atoms with van der Waals surface area (Å²) in [7, 11) is 0. The van der Waals surface area contributed by atoms with Gasteiger partial charge < -0.3 is 43.2 Å². The SMILES string of the molecule is NC(=O)C1CCC(CNC(=O)N/N=C/[C@H](CCCN=C(N)N)NC(=O)C2CCCN2C(=O)[C@H](CC(=O)O)NC(=O)CCC2CCCCC2)CC1. The number of nitrogens with zero attached hydrogens (tertiary/aromatic N) is 3. The van der Waals surface area contributed by atoms with Crippen LogP contribution in [0.4, 0.5) is 4.79 Å². The first-order valence-corrected chi connectivity index (χ1v) is 18.0. The Bertz CT molecular complexity index is 1230. The normalized spacial score (nSPS) is 22.2. The van der Waals surface area contributed by atoms with E-state index in [9.17, 15) is 33.9 Å². The average Bonchev–Trinajstić information content (AvgIpc) is 3.58. The zero-order chi connectivity index (χ0) is 36.5. The lowest BCUT2D eigenvalue weighted by Crippen LogP contribution is -2.55. The minimum absolute atomic E-state index is 0.0715. The highest BCUT2D eigenvalue weighted by molar-refractivity contribution is 5.95. The minimum Gasteiger partial charge on any atom is -0.481 e. The lowest BCUT2D eigenvalue weighted by Gasteiger charge is -2.29. The van der Waals surface area contributed by atoms with Gasteiger partial charge in [-0.25, -0.2) is 10.2 Å². The summed E-state index contributed by atoms with van der Waals surface area (Å²) in [4.78, 5) is 80.7. The molecule has 3 atom stereocenters. The third kappa shape index (κ3) is 14.2. The number of carboxylic acids is 1. The standard InChI is InChI=1S/C33H56N10O7/c34-29(47)23-13-10-22(11-14-23)19-38-33(50)42-39-20-24(8-4-16-37-32(35)36)40-30(48)26-9-5-17-43(26)31(49)25(18-28(45)46)41-27(44)15-12-21-6-2-1-3-7-21/h20-26H,1-19H2,(H2,34,47)(H,40,48)(H,41,44)(H,45,46)(H4,35,36,37)(H2,38,42,50)/b39-20+/t22?,23?,24-,25-,26?/m0/s1. The molecule has 0 radical (unpaired) electrons. The molecule has 3 fully saturated rings. The van der Waals surface area contributed by atoms with Crippen LogP contribution in [0.3, 0.4) is 0 Å². The predicted molar refractivity (Wildman–Crippen MR) is 186 cm³/mol. The number of amides is 6. The van der Waals surface area contributed by atoms with Gasteiger partial charge in [0.05, 0.1) is 12.5 Å². The van der Waals surface area contributed by atoms with Gasteiger partial charge in [0.25, 0.3) is 0 Å². The second-order valence-corrected chi connectivity index (χ2v) is 13.7. The van der Waals surface area contributed by atoms with E-state index in [1.807, 2.05) is 0 Å². The average molecular weight is 705 g/mol. The number of hydrogen-bond donors (Lipinski definition) is 8. The van der Waals surface area contributed by atoms with Gasteiger partial charge in [-0.15, -0.1) is 0 Å². The Morgan fingerprint density at radius 2 is 1.60 bits per heavy atom. The van der Waals surface area contributed by atoms with Gasteiger partial charge in [0.15, 0.2) is 5.96 Å². The van der Waals surface area contributed by atoms with Crippen LogP contribution in [0.25, 0.3) is 0 Å². The lowest BCUT2D eigenvalue weighted by molar-refractivity contribution is -0.145. The van der Waals surface area contributed by atoms with Crippen LogP contribution in [-0.4, -0.2) is 95.6 Å². The van der Waals surface area contributed by atoms with Crippen molar-refractivity contribution in [1.29, 1.82) is 0 Å². The van der Waals surface area contributed by atoms with Gasteiger partial charge in [-0.1, -0.05) is 32.1 Å². The first-order chi connectivity index (χ1) is 23.9. The van der Waals surface area contributed by atoms with E-state index in [-0.39, 0.29) is 42.6 Å². The van der Waals surface area contributed by atoms with Crippen LogP contribution in [0.2, 0.25) is 0 Å². The Hall–Kier alpha value is -4.44. The molecule has 17 heteroatoms. The fourth-order valence-electron chi connectivity index (χ4n) is 7.05. The number of aliphatic imine (C=N–C) groups is 1. The molecule has 1 saturated heterocycles. The van der Waals surface area contributed by atoms with E-state index >= 15 is 0 Å². The van der Waals surface area contributed by atoms with E-state index in [1.54, 1.807) is 0 Å². The topological polar surface area (TPSA) is 277 Å². The molecular weight excluding hydrogens is 648 g/mol. The smallest absolute Gasteiger partial charge is 0.335 e. The summed E-state index contributed by atoms with van der Waals surface area (Å²) < 4.78 is 0. The Morgan fingerprint density at radius 1 is 0.880 bits per heavy atom.